The Morgan fingerprint density at radius 2 is 1.88 bits per heavy atom. The fraction of sp³-hybridized carbons (Fsp3) is 0.0556. The number of nitrogens with zero attached hydrogens (tertiary/aromatic N) is 2. The van der Waals surface area contributed by atoms with Crippen molar-refractivity contribution in [1.82, 2.24) is 4.98 Å². The second-order valence-corrected chi connectivity index (χ2v) is 5.80. The lowest BCUT2D eigenvalue weighted by Gasteiger charge is -1.96. The number of ether oxygens (including phenoxy) is 1. The normalized spacial score (nSPS) is 10.9. The Hall–Kier alpha value is -2.73. The van der Waals surface area contributed by atoms with Crippen LogP contribution in [0.2, 0.25) is 0 Å². The minimum atomic E-state index is -0.482. The molecule has 0 N–H and O–H groups in total. The average molecular weight is 385 g/mol. The first kappa shape index (κ1) is 16.1. The highest BCUT2D eigenvalue weighted by Crippen LogP contribution is 2.27. The van der Waals surface area contributed by atoms with Crippen molar-refractivity contribution in [3.63, 3.8) is 0 Å². The van der Waals surface area contributed by atoms with Crippen LogP contribution in [0.4, 0.5) is 5.69 Å². The van der Waals surface area contributed by atoms with Gasteiger partial charge in [-0.25, -0.2) is 4.98 Å². The monoisotopic (exact) mass is 384 g/mol. The molecule has 3 rings (SSSR count). The summed E-state index contributed by atoms with van der Waals surface area (Å²) in [5.74, 6) is -0.0876. The van der Waals surface area contributed by atoms with Crippen LogP contribution in [-0.2, 0) is 4.79 Å². The number of hydrogen-bond donors (Lipinski definition) is 0. The standard InChI is InChI=1S/C18H13BrN2O3/c1-12(22)23-18-16(11-20-15-9-7-14(19)8-10-15)21-17(24-18)13-5-3-2-4-6-13/h2-11H,1H3. The highest BCUT2D eigenvalue weighted by Gasteiger charge is 2.16. The van der Waals surface area contributed by atoms with Gasteiger partial charge in [0.1, 0.15) is 0 Å². The van der Waals surface area contributed by atoms with E-state index in [4.69, 9.17) is 9.15 Å². The molecule has 0 radical (unpaired) electrons. The highest BCUT2D eigenvalue weighted by atomic mass is 79.9. The van der Waals surface area contributed by atoms with Gasteiger partial charge in [-0.05, 0) is 36.4 Å². The smallest absolute Gasteiger partial charge is 0.322 e. The second kappa shape index (κ2) is 7.23. The van der Waals surface area contributed by atoms with E-state index < -0.39 is 5.97 Å². The van der Waals surface area contributed by atoms with Crippen LogP contribution in [0, 0.1) is 0 Å². The number of halogens is 1. The molecule has 1 aromatic heterocycles. The third-order valence-electron chi connectivity index (χ3n) is 3.04. The number of benzene rings is 2. The predicted octanol–water partition coefficient (Wildman–Crippen LogP) is 4.78. The summed E-state index contributed by atoms with van der Waals surface area (Å²) >= 11 is 3.37. The van der Waals surface area contributed by atoms with Crippen LogP contribution in [0.3, 0.4) is 0 Å². The van der Waals surface area contributed by atoms with Crippen LogP contribution < -0.4 is 4.74 Å². The Morgan fingerprint density at radius 3 is 2.54 bits per heavy atom. The molecule has 6 heteroatoms. The number of oxazole rings is 1. The van der Waals surface area contributed by atoms with E-state index in [2.05, 4.69) is 25.9 Å². The number of esters is 1. The van der Waals surface area contributed by atoms with E-state index in [1.165, 1.54) is 13.1 Å². The Balaban J connectivity index is 1.94. The first-order valence-corrected chi connectivity index (χ1v) is 7.95. The molecular weight excluding hydrogens is 372 g/mol. The Bertz CT molecular complexity index is 871. The molecule has 3 aromatic rings. The third-order valence-corrected chi connectivity index (χ3v) is 3.57. The van der Waals surface area contributed by atoms with Crippen molar-refractivity contribution >= 4 is 33.8 Å². The van der Waals surface area contributed by atoms with Crippen LogP contribution in [0.1, 0.15) is 12.6 Å². The molecule has 0 amide bonds. The molecule has 2 aromatic carbocycles. The van der Waals surface area contributed by atoms with Gasteiger partial charge in [0, 0.05) is 17.0 Å². The molecule has 0 unspecified atom stereocenters. The lowest BCUT2D eigenvalue weighted by molar-refractivity contribution is -0.133. The van der Waals surface area contributed by atoms with Crippen molar-refractivity contribution in [2.24, 2.45) is 4.99 Å². The van der Waals surface area contributed by atoms with Crippen LogP contribution >= 0.6 is 15.9 Å². The van der Waals surface area contributed by atoms with E-state index in [1.54, 1.807) is 0 Å². The van der Waals surface area contributed by atoms with Gasteiger partial charge in [0.05, 0.1) is 11.9 Å². The summed E-state index contributed by atoms with van der Waals surface area (Å²) in [6, 6.07) is 16.8. The molecule has 0 aliphatic heterocycles. The summed E-state index contributed by atoms with van der Waals surface area (Å²) in [5.41, 5.74) is 1.89. The fourth-order valence-corrected chi connectivity index (χ4v) is 2.23. The molecule has 0 saturated heterocycles. The Labute approximate surface area is 147 Å². The summed E-state index contributed by atoms with van der Waals surface area (Å²) in [4.78, 5) is 20.0. The molecule has 0 fully saturated rings. The predicted molar refractivity (Wildman–Crippen MR) is 94.6 cm³/mol. The summed E-state index contributed by atoms with van der Waals surface area (Å²) in [5, 5.41) is 0. The van der Waals surface area contributed by atoms with Crippen molar-refractivity contribution in [2.45, 2.75) is 6.92 Å². The maximum absolute atomic E-state index is 11.3. The van der Waals surface area contributed by atoms with Crippen LogP contribution in [0.5, 0.6) is 5.95 Å². The van der Waals surface area contributed by atoms with Crippen molar-refractivity contribution < 1.29 is 13.9 Å². The van der Waals surface area contributed by atoms with E-state index in [9.17, 15) is 4.79 Å². The fourth-order valence-electron chi connectivity index (χ4n) is 1.97. The van der Waals surface area contributed by atoms with E-state index >= 15 is 0 Å². The zero-order valence-electron chi connectivity index (χ0n) is 12.8. The zero-order valence-corrected chi connectivity index (χ0v) is 14.4. The summed E-state index contributed by atoms with van der Waals surface area (Å²) in [6.45, 7) is 1.31. The summed E-state index contributed by atoms with van der Waals surface area (Å²) in [6.07, 6.45) is 1.51. The van der Waals surface area contributed by atoms with Gasteiger partial charge in [-0.2, -0.15) is 0 Å². The topological polar surface area (TPSA) is 64.7 Å². The molecule has 5 nitrogen and oxygen atoms in total. The first-order chi connectivity index (χ1) is 11.6. The number of rotatable bonds is 4. The van der Waals surface area contributed by atoms with Crippen molar-refractivity contribution in [3.8, 4) is 17.4 Å². The maximum atomic E-state index is 11.3. The van der Waals surface area contributed by atoms with Gasteiger partial charge in [0.15, 0.2) is 5.69 Å². The highest BCUT2D eigenvalue weighted by molar-refractivity contribution is 9.10. The van der Waals surface area contributed by atoms with E-state index in [0.717, 1.165) is 15.7 Å². The van der Waals surface area contributed by atoms with Gasteiger partial charge < -0.3 is 9.15 Å². The minimum absolute atomic E-state index is 0.0298. The lowest BCUT2D eigenvalue weighted by atomic mass is 10.2. The van der Waals surface area contributed by atoms with Gasteiger partial charge >= 0.3 is 11.9 Å². The number of hydrogen-bond acceptors (Lipinski definition) is 5. The van der Waals surface area contributed by atoms with Crippen LogP contribution in [-0.4, -0.2) is 17.2 Å². The van der Waals surface area contributed by atoms with Crippen molar-refractivity contribution in [3.05, 3.63) is 64.8 Å². The average Bonchev–Trinajstić information content (AvgIpc) is 2.97. The first-order valence-electron chi connectivity index (χ1n) is 7.16. The number of carbonyl (C=O) groups excluding carboxylic acids is 1. The zero-order chi connectivity index (χ0) is 16.9. The molecular formula is C18H13BrN2O3. The third kappa shape index (κ3) is 3.97. The number of aromatic nitrogens is 1. The van der Waals surface area contributed by atoms with Crippen LogP contribution in [0.15, 0.2) is 68.5 Å². The molecule has 0 aliphatic carbocycles. The molecule has 0 bridgehead atoms. The number of carbonyl (C=O) groups is 1. The second-order valence-electron chi connectivity index (χ2n) is 4.89. The molecule has 0 spiro atoms. The largest absolute Gasteiger partial charge is 0.405 e. The molecule has 24 heavy (non-hydrogen) atoms. The van der Waals surface area contributed by atoms with Gasteiger partial charge in [-0.1, -0.05) is 34.1 Å². The van der Waals surface area contributed by atoms with Gasteiger partial charge in [0.2, 0.25) is 5.89 Å². The minimum Gasteiger partial charge on any atom is -0.405 e. The van der Waals surface area contributed by atoms with E-state index in [-0.39, 0.29) is 5.95 Å². The Morgan fingerprint density at radius 1 is 1.17 bits per heavy atom. The lowest BCUT2D eigenvalue weighted by Crippen LogP contribution is -2.02. The number of aliphatic imine (C=N–C) groups is 1. The quantitative estimate of drug-likeness (QED) is 0.479. The molecule has 0 atom stereocenters. The SMILES string of the molecule is CC(=O)Oc1oc(-c2ccccc2)nc1C=Nc1ccc(Br)cc1. The summed E-state index contributed by atoms with van der Waals surface area (Å²) in [7, 11) is 0. The van der Waals surface area contributed by atoms with E-state index in [1.807, 2.05) is 54.6 Å². The van der Waals surface area contributed by atoms with Crippen LogP contribution in [0.25, 0.3) is 11.5 Å². The molecule has 0 aliphatic rings. The van der Waals surface area contributed by atoms with Crippen molar-refractivity contribution in [2.75, 3.05) is 0 Å². The van der Waals surface area contributed by atoms with Gasteiger partial charge in [0.25, 0.3) is 0 Å². The van der Waals surface area contributed by atoms with Gasteiger partial charge in [-0.15, -0.1) is 0 Å². The summed E-state index contributed by atoms with van der Waals surface area (Å²) < 4.78 is 11.6. The van der Waals surface area contributed by atoms with E-state index in [0.29, 0.717) is 11.6 Å². The Kier molecular flexibility index (Phi) is 4.86. The molecule has 0 saturated carbocycles. The van der Waals surface area contributed by atoms with Crippen molar-refractivity contribution in [1.29, 1.82) is 0 Å². The molecule has 1 heterocycles. The van der Waals surface area contributed by atoms with Gasteiger partial charge in [-0.3, -0.25) is 9.79 Å². The maximum Gasteiger partial charge on any atom is 0.322 e. The molecule has 120 valence electrons.